The van der Waals surface area contributed by atoms with Crippen LogP contribution in [0, 0.1) is 12.7 Å². The monoisotopic (exact) mass is 222 g/mol. The summed E-state index contributed by atoms with van der Waals surface area (Å²) in [5, 5.41) is 10.1. The highest BCUT2D eigenvalue weighted by atomic mass is 19.1. The van der Waals surface area contributed by atoms with Crippen molar-refractivity contribution in [2.75, 3.05) is 6.61 Å². The first-order valence-corrected chi connectivity index (χ1v) is 5.43. The van der Waals surface area contributed by atoms with E-state index >= 15 is 0 Å². The van der Waals surface area contributed by atoms with Gasteiger partial charge in [-0.15, -0.1) is 0 Å². The van der Waals surface area contributed by atoms with Gasteiger partial charge in [-0.2, -0.15) is 0 Å². The zero-order valence-corrected chi connectivity index (χ0v) is 9.24. The van der Waals surface area contributed by atoms with Crippen LogP contribution in [0.4, 0.5) is 4.39 Å². The topological polar surface area (TPSA) is 29.5 Å². The van der Waals surface area contributed by atoms with E-state index in [0.29, 0.717) is 6.61 Å². The van der Waals surface area contributed by atoms with Crippen LogP contribution >= 0.6 is 0 Å². The number of hydrogen-bond acceptors (Lipinski definition) is 2. The quantitative estimate of drug-likeness (QED) is 0.833. The Bertz CT molecular complexity index is 412. The molecule has 0 aliphatic carbocycles. The van der Waals surface area contributed by atoms with E-state index in [1.54, 1.807) is 19.3 Å². The van der Waals surface area contributed by atoms with Gasteiger partial charge in [-0.25, -0.2) is 4.39 Å². The summed E-state index contributed by atoms with van der Waals surface area (Å²) in [5.74, 6) is -0.276. The molecule has 1 aliphatic heterocycles. The van der Waals surface area contributed by atoms with E-state index in [0.717, 1.165) is 29.5 Å². The third-order valence-corrected chi connectivity index (χ3v) is 2.84. The van der Waals surface area contributed by atoms with Crippen LogP contribution < -0.4 is 0 Å². The van der Waals surface area contributed by atoms with E-state index in [1.165, 1.54) is 12.1 Å². The molecule has 2 nitrogen and oxygen atoms in total. The number of aliphatic hydroxyl groups excluding tert-OH is 1. The van der Waals surface area contributed by atoms with Gasteiger partial charge in [0.15, 0.2) is 0 Å². The van der Waals surface area contributed by atoms with Crippen LogP contribution in [0.1, 0.15) is 30.1 Å². The molecule has 1 aromatic carbocycles. The smallest absolute Gasteiger partial charge is 0.123 e. The minimum absolute atomic E-state index is 0.276. The number of ether oxygens (including phenoxy) is 1. The SMILES string of the molecule is Cc1cc(F)ccc1C(O)C1=COCCC1. The Morgan fingerprint density at radius 2 is 2.25 bits per heavy atom. The molecule has 1 N–H and O–H groups in total. The maximum atomic E-state index is 12.9. The Morgan fingerprint density at radius 3 is 2.88 bits per heavy atom. The number of hydrogen-bond donors (Lipinski definition) is 1. The molecule has 0 radical (unpaired) electrons. The summed E-state index contributed by atoms with van der Waals surface area (Å²) in [6.45, 7) is 2.50. The molecule has 2 rings (SSSR count). The van der Waals surface area contributed by atoms with Gasteiger partial charge in [-0.3, -0.25) is 0 Å². The largest absolute Gasteiger partial charge is 0.501 e. The molecule has 1 aliphatic rings. The molecule has 1 aromatic rings. The van der Waals surface area contributed by atoms with Gasteiger partial charge in [0.2, 0.25) is 0 Å². The average molecular weight is 222 g/mol. The summed E-state index contributed by atoms with van der Waals surface area (Å²) in [5.41, 5.74) is 2.37. The molecule has 0 aromatic heterocycles. The van der Waals surface area contributed by atoms with Gasteiger partial charge < -0.3 is 9.84 Å². The maximum absolute atomic E-state index is 12.9. The maximum Gasteiger partial charge on any atom is 0.123 e. The highest BCUT2D eigenvalue weighted by Gasteiger charge is 2.18. The van der Waals surface area contributed by atoms with E-state index in [-0.39, 0.29) is 5.82 Å². The second-order valence-corrected chi connectivity index (χ2v) is 4.07. The molecule has 0 amide bonds. The van der Waals surface area contributed by atoms with Gasteiger partial charge in [-0.05, 0) is 48.6 Å². The molecule has 1 atom stereocenters. The van der Waals surface area contributed by atoms with Crippen molar-refractivity contribution in [1.29, 1.82) is 0 Å². The normalized spacial score (nSPS) is 17.6. The third kappa shape index (κ3) is 2.25. The van der Waals surface area contributed by atoms with Crippen molar-refractivity contribution in [3.8, 4) is 0 Å². The second-order valence-electron chi connectivity index (χ2n) is 4.07. The van der Waals surface area contributed by atoms with Crippen LogP contribution in [-0.4, -0.2) is 11.7 Å². The number of aryl methyl sites for hydroxylation is 1. The Hall–Kier alpha value is -1.35. The van der Waals surface area contributed by atoms with Crippen molar-refractivity contribution in [2.45, 2.75) is 25.9 Å². The number of aliphatic hydroxyl groups is 1. The molecule has 0 saturated carbocycles. The Morgan fingerprint density at radius 1 is 1.44 bits per heavy atom. The van der Waals surface area contributed by atoms with E-state index in [2.05, 4.69) is 0 Å². The van der Waals surface area contributed by atoms with Crippen molar-refractivity contribution >= 4 is 0 Å². The average Bonchev–Trinajstić information content (AvgIpc) is 2.29. The van der Waals surface area contributed by atoms with E-state index < -0.39 is 6.10 Å². The summed E-state index contributed by atoms with van der Waals surface area (Å²) in [4.78, 5) is 0. The summed E-state index contributed by atoms with van der Waals surface area (Å²) in [6, 6.07) is 4.43. The molecule has 0 bridgehead atoms. The van der Waals surface area contributed by atoms with Gasteiger partial charge in [0.25, 0.3) is 0 Å². The lowest BCUT2D eigenvalue weighted by Crippen LogP contribution is -2.09. The highest BCUT2D eigenvalue weighted by Crippen LogP contribution is 2.29. The first-order chi connectivity index (χ1) is 7.68. The predicted octanol–water partition coefficient (Wildman–Crippen LogP) is 2.86. The fourth-order valence-electron chi connectivity index (χ4n) is 1.93. The van der Waals surface area contributed by atoms with Gasteiger partial charge in [0.05, 0.1) is 12.9 Å². The lowest BCUT2D eigenvalue weighted by Gasteiger charge is -2.20. The Balaban J connectivity index is 2.26. The predicted molar refractivity (Wildman–Crippen MR) is 59.4 cm³/mol. The van der Waals surface area contributed by atoms with Crippen molar-refractivity contribution in [2.24, 2.45) is 0 Å². The lowest BCUT2D eigenvalue weighted by atomic mass is 9.95. The van der Waals surface area contributed by atoms with Crippen molar-refractivity contribution in [3.63, 3.8) is 0 Å². The van der Waals surface area contributed by atoms with Crippen LogP contribution in [0.2, 0.25) is 0 Å². The molecule has 1 unspecified atom stereocenters. The minimum Gasteiger partial charge on any atom is -0.501 e. The molecule has 0 spiro atoms. The fourth-order valence-corrected chi connectivity index (χ4v) is 1.93. The molecular formula is C13H15FO2. The van der Waals surface area contributed by atoms with E-state index in [9.17, 15) is 9.50 Å². The molecule has 0 fully saturated rings. The number of benzene rings is 1. The molecule has 0 saturated heterocycles. The molecule has 16 heavy (non-hydrogen) atoms. The number of halogens is 1. The van der Waals surface area contributed by atoms with Gasteiger partial charge >= 0.3 is 0 Å². The Labute approximate surface area is 94.4 Å². The van der Waals surface area contributed by atoms with Crippen molar-refractivity contribution in [1.82, 2.24) is 0 Å². The van der Waals surface area contributed by atoms with Crippen molar-refractivity contribution < 1.29 is 14.2 Å². The van der Waals surface area contributed by atoms with Gasteiger partial charge in [0.1, 0.15) is 11.9 Å². The van der Waals surface area contributed by atoms with E-state index in [1.807, 2.05) is 0 Å². The zero-order chi connectivity index (χ0) is 11.5. The molecule has 3 heteroatoms. The fraction of sp³-hybridized carbons (Fsp3) is 0.385. The standard InChI is InChI=1S/C13H15FO2/c1-9-7-11(14)4-5-12(9)13(15)10-3-2-6-16-8-10/h4-5,7-8,13,15H,2-3,6H2,1H3. The first kappa shape index (κ1) is 11.1. The van der Waals surface area contributed by atoms with Crippen LogP contribution in [0.3, 0.4) is 0 Å². The van der Waals surface area contributed by atoms with Crippen LogP contribution in [-0.2, 0) is 4.74 Å². The second kappa shape index (κ2) is 4.66. The van der Waals surface area contributed by atoms with Crippen LogP contribution in [0.25, 0.3) is 0 Å². The molecule has 86 valence electrons. The minimum atomic E-state index is -0.680. The third-order valence-electron chi connectivity index (χ3n) is 2.84. The van der Waals surface area contributed by atoms with Crippen LogP contribution in [0.5, 0.6) is 0 Å². The lowest BCUT2D eigenvalue weighted by molar-refractivity contribution is 0.170. The Kier molecular flexibility index (Phi) is 3.25. The van der Waals surface area contributed by atoms with Gasteiger partial charge in [-0.1, -0.05) is 6.07 Å². The highest BCUT2D eigenvalue weighted by molar-refractivity contribution is 5.33. The summed E-state index contributed by atoms with van der Waals surface area (Å²) >= 11 is 0. The van der Waals surface area contributed by atoms with E-state index in [4.69, 9.17) is 4.74 Å². The first-order valence-electron chi connectivity index (χ1n) is 5.43. The van der Waals surface area contributed by atoms with Crippen LogP contribution in [0.15, 0.2) is 30.0 Å². The summed E-state index contributed by atoms with van der Waals surface area (Å²) < 4.78 is 18.1. The molecule has 1 heterocycles. The van der Waals surface area contributed by atoms with Crippen molar-refractivity contribution in [3.05, 3.63) is 47.0 Å². The number of rotatable bonds is 2. The summed E-state index contributed by atoms with van der Waals surface area (Å²) in [6.07, 6.45) is 2.69. The molecular weight excluding hydrogens is 207 g/mol. The van der Waals surface area contributed by atoms with Gasteiger partial charge in [0, 0.05) is 0 Å². The summed E-state index contributed by atoms with van der Waals surface area (Å²) in [7, 11) is 0. The zero-order valence-electron chi connectivity index (χ0n) is 9.24.